The van der Waals surface area contributed by atoms with Crippen LogP contribution in [0.5, 0.6) is 5.75 Å². The highest BCUT2D eigenvalue weighted by atomic mass is 32.1. The van der Waals surface area contributed by atoms with Gasteiger partial charge in [0.1, 0.15) is 16.1 Å². The summed E-state index contributed by atoms with van der Waals surface area (Å²) in [4.78, 5) is 7.74. The van der Waals surface area contributed by atoms with Gasteiger partial charge in [0, 0.05) is 11.3 Å². The Morgan fingerprint density at radius 1 is 1.28 bits per heavy atom. The van der Waals surface area contributed by atoms with Crippen LogP contribution in [0, 0.1) is 18.5 Å². The Kier molecular flexibility index (Phi) is 3.77. The lowest BCUT2D eigenvalue weighted by atomic mass is 10.1. The van der Waals surface area contributed by atoms with Crippen LogP contribution in [0.4, 0.5) is 0 Å². The van der Waals surface area contributed by atoms with Gasteiger partial charge >= 0.3 is 0 Å². The Bertz CT molecular complexity index is 619. The molecule has 0 atom stereocenters. The highest BCUT2D eigenvalue weighted by Gasteiger charge is 2.10. The molecule has 0 amide bonds. The topological polar surface area (TPSA) is 37.9 Å². The van der Waals surface area contributed by atoms with E-state index in [-0.39, 0.29) is 0 Å². The Hall–Kier alpha value is -1.68. The van der Waals surface area contributed by atoms with Crippen molar-refractivity contribution in [2.45, 2.75) is 20.8 Å². The summed E-state index contributed by atoms with van der Waals surface area (Å²) in [6, 6.07) is 7.82. The number of para-hydroxylation sites is 1. The molecule has 0 saturated carbocycles. The molecule has 0 fully saturated rings. The lowest BCUT2D eigenvalue weighted by Gasteiger charge is -2.11. The van der Waals surface area contributed by atoms with Crippen molar-refractivity contribution in [3.8, 4) is 17.0 Å². The molecule has 1 aromatic heterocycles. The molecule has 1 N–H and O–H groups in total. The van der Waals surface area contributed by atoms with E-state index in [0.717, 1.165) is 28.4 Å². The predicted octanol–water partition coefficient (Wildman–Crippen LogP) is 3.82. The second-order valence-electron chi connectivity index (χ2n) is 4.05. The molecule has 2 aromatic rings. The zero-order chi connectivity index (χ0) is 13.1. The average molecular weight is 260 g/mol. The summed E-state index contributed by atoms with van der Waals surface area (Å²) in [6.07, 6.45) is 0. The van der Waals surface area contributed by atoms with Crippen LogP contribution < -0.4 is 4.74 Å². The van der Waals surface area contributed by atoms with Crippen LogP contribution in [0.2, 0.25) is 0 Å². The zero-order valence-electron chi connectivity index (χ0n) is 10.8. The molecule has 0 saturated heterocycles. The molecule has 94 valence electrons. The summed E-state index contributed by atoms with van der Waals surface area (Å²) in [5.41, 5.74) is 3.66. The van der Waals surface area contributed by atoms with Gasteiger partial charge in [0.25, 0.3) is 0 Å². The molecule has 18 heavy (non-hydrogen) atoms. The molecular formula is C14H16N2OS. The normalized spacial score (nSPS) is 10.4. The van der Waals surface area contributed by atoms with E-state index in [1.165, 1.54) is 0 Å². The number of aromatic amines is 1. The summed E-state index contributed by atoms with van der Waals surface area (Å²) in [7, 11) is 0. The standard InChI is InChI=1S/C14H16N2OS/c1-4-17-12-8-6-5-7-11(12)13-14(18)16-10(3)9(2)15-13/h5-8H,4H2,1-3H3,(H,16,18). The zero-order valence-corrected chi connectivity index (χ0v) is 11.6. The van der Waals surface area contributed by atoms with E-state index < -0.39 is 0 Å². The number of hydrogen-bond donors (Lipinski definition) is 1. The van der Waals surface area contributed by atoms with Crippen molar-refractivity contribution >= 4 is 12.2 Å². The van der Waals surface area contributed by atoms with Gasteiger partial charge in [0.05, 0.1) is 12.3 Å². The van der Waals surface area contributed by atoms with Crippen LogP contribution in [-0.4, -0.2) is 16.6 Å². The first-order chi connectivity index (χ1) is 8.63. The molecule has 0 bridgehead atoms. The summed E-state index contributed by atoms with van der Waals surface area (Å²) < 4.78 is 6.26. The summed E-state index contributed by atoms with van der Waals surface area (Å²) in [5.74, 6) is 0.815. The first-order valence-electron chi connectivity index (χ1n) is 5.93. The maximum absolute atomic E-state index is 5.62. The number of benzene rings is 1. The first kappa shape index (κ1) is 12.8. The summed E-state index contributed by atoms with van der Waals surface area (Å²) in [5, 5.41) is 0. The van der Waals surface area contributed by atoms with Crippen LogP contribution in [0.25, 0.3) is 11.3 Å². The quantitative estimate of drug-likeness (QED) is 0.852. The van der Waals surface area contributed by atoms with Gasteiger partial charge in [0.15, 0.2) is 0 Å². The van der Waals surface area contributed by atoms with Crippen molar-refractivity contribution in [2.75, 3.05) is 6.61 Å². The molecule has 0 unspecified atom stereocenters. The van der Waals surface area contributed by atoms with Crippen molar-refractivity contribution in [1.82, 2.24) is 9.97 Å². The molecule has 0 spiro atoms. The van der Waals surface area contributed by atoms with Crippen molar-refractivity contribution in [3.63, 3.8) is 0 Å². The van der Waals surface area contributed by atoms with Crippen molar-refractivity contribution in [2.24, 2.45) is 0 Å². The van der Waals surface area contributed by atoms with Crippen LogP contribution in [0.15, 0.2) is 24.3 Å². The minimum Gasteiger partial charge on any atom is -0.493 e. The Morgan fingerprint density at radius 2 is 2.00 bits per heavy atom. The molecule has 0 aliphatic rings. The molecule has 2 rings (SSSR count). The molecule has 0 radical (unpaired) electrons. The molecule has 0 aliphatic carbocycles. The maximum atomic E-state index is 5.62. The van der Waals surface area contributed by atoms with Gasteiger partial charge in [-0.25, -0.2) is 4.98 Å². The monoisotopic (exact) mass is 260 g/mol. The molecule has 0 aliphatic heterocycles. The number of ether oxygens (including phenoxy) is 1. The van der Waals surface area contributed by atoms with Crippen LogP contribution >= 0.6 is 12.2 Å². The van der Waals surface area contributed by atoms with E-state index in [4.69, 9.17) is 17.0 Å². The lowest BCUT2D eigenvalue weighted by Crippen LogP contribution is -1.99. The Balaban J connectivity index is 2.62. The van der Waals surface area contributed by atoms with Gasteiger partial charge in [0.2, 0.25) is 0 Å². The average Bonchev–Trinajstić information content (AvgIpc) is 2.35. The lowest BCUT2D eigenvalue weighted by molar-refractivity contribution is 0.341. The first-order valence-corrected chi connectivity index (χ1v) is 6.34. The number of rotatable bonds is 3. The molecular weight excluding hydrogens is 244 g/mol. The number of aromatic nitrogens is 2. The van der Waals surface area contributed by atoms with Crippen molar-refractivity contribution in [1.29, 1.82) is 0 Å². The molecule has 4 heteroatoms. The third-order valence-corrected chi connectivity index (χ3v) is 3.08. The van der Waals surface area contributed by atoms with E-state index in [0.29, 0.717) is 11.2 Å². The van der Waals surface area contributed by atoms with Crippen molar-refractivity contribution < 1.29 is 4.74 Å². The smallest absolute Gasteiger partial charge is 0.130 e. The van der Waals surface area contributed by atoms with Gasteiger partial charge in [-0.05, 0) is 32.9 Å². The number of aryl methyl sites for hydroxylation is 2. The van der Waals surface area contributed by atoms with E-state index in [2.05, 4.69) is 9.97 Å². The second-order valence-corrected chi connectivity index (χ2v) is 4.46. The molecule has 1 heterocycles. The summed E-state index contributed by atoms with van der Waals surface area (Å²) in [6.45, 7) is 6.52. The number of H-pyrrole nitrogens is 1. The second kappa shape index (κ2) is 5.31. The van der Waals surface area contributed by atoms with Gasteiger partial charge in [-0.1, -0.05) is 24.4 Å². The van der Waals surface area contributed by atoms with Gasteiger partial charge in [-0.15, -0.1) is 0 Å². The minimum atomic E-state index is 0.623. The Labute approximate surface area is 112 Å². The fraction of sp³-hybridized carbons (Fsp3) is 0.286. The van der Waals surface area contributed by atoms with Crippen LogP contribution in [0.3, 0.4) is 0 Å². The highest BCUT2D eigenvalue weighted by Crippen LogP contribution is 2.29. The predicted molar refractivity (Wildman–Crippen MR) is 75.5 cm³/mol. The molecule has 3 nitrogen and oxygen atoms in total. The number of hydrogen-bond acceptors (Lipinski definition) is 3. The van der Waals surface area contributed by atoms with E-state index >= 15 is 0 Å². The van der Waals surface area contributed by atoms with E-state index in [1.807, 2.05) is 45.0 Å². The molecule has 1 aromatic carbocycles. The van der Waals surface area contributed by atoms with E-state index in [9.17, 15) is 0 Å². The fourth-order valence-electron chi connectivity index (χ4n) is 1.75. The maximum Gasteiger partial charge on any atom is 0.130 e. The van der Waals surface area contributed by atoms with E-state index in [1.54, 1.807) is 0 Å². The van der Waals surface area contributed by atoms with Crippen LogP contribution in [-0.2, 0) is 0 Å². The van der Waals surface area contributed by atoms with Gasteiger partial charge in [-0.2, -0.15) is 0 Å². The number of nitrogens with one attached hydrogen (secondary N) is 1. The SMILES string of the molecule is CCOc1ccccc1-c1nc(C)c(C)[nH]c1=S. The minimum absolute atomic E-state index is 0.623. The fourth-order valence-corrected chi connectivity index (χ4v) is 2.06. The largest absolute Gasteiger partial charge is 0.493 e. The highest BCUT2D eigenvalue weighted by molar-refractivity contribution is 7.71. The Morgan fingerprint density at radius 3 is 2.72 bits per heavy atom. The van der Waals surface area contributed by atoms with Crippen LogP contribution in [0.1, 0.15) is 18.3 Å². The third-order valence-electron chi connectivity index (χ3n) is 2.78. The van der Waals surface area contributed by atoms with Gasteiger partial charge in [-0.3, -0.25) is 0 Å². The number of nitrogens with zero attached hydrogens (tertiary/aromatic N) is 1. The van der Waals surface area contributed by atoms with Crippen molar-refractivity contribution in [3.05, 3.63) is 40.3 Å². The summed E-state index contributed by atoms with van der Waals surface area (Å²) >= 11 is 5.35. The third kappa shape index (κ3) is 2.43. The van der Waals surface area contributed by atoms with Gasteiger partial charge < -0.3 is 9.72 Å².